The van der Waals surface area contributed by atoms with Crippen molar-refractivity contribution < 1.29 is 19.1 Å². The van der Waals surface area contributed by atoms with E-state index in [0.29, 0.717) is 5.69 Å². The summed E-state index contributed by atoms with van der Waals surface area (Å²) in [5, 5.41) is 9.45. The molecule has 0 radical (unpaired) electrons. The first-order valence-corrected chi connectivity index (χ1v) is 4.53. The van der Waals surface area contributed by atoms with E-state index in [2.05, 4.69) is 9.72 Å². The maximum atomic E-state index is 11.3. The molecule has 2 heterocycles. The van der Waals surface area contributed by atoms with E-state index in [0.717, 1.165) is 5.56 Å². The van der Waals surface area contributed by atoms with Crippen molar-refractivity contribution in [1.29, 1.82) is 0 Å². The van der Waals surface area contributed by atoms with Crippen LogP contribution in [0.25, 0.3) is 11.3 Å². The van der Waals surface area contributed by atoms with Crippen LogP contribution < -0.4 is 0 Å². The molecule has 5 nitrogen and oxygen atoms in total. The zero-order valence-corrected chi connectivity index (χ0v) is 8.51. The fourth-order valence-corrected chi connectivity index (χ4v) is 1.27. The molecule has 0 saturated heterocycles. The molecule has 0 aromatic carbocycles. The van der Waals surface area contributed by atoms with Crippen LogP contribution in [0.3, 0.4) is 0 Å². The summed E-state index contributed by atoms with van der Waals surface area (Å²) in [6.07, 6.45) is 3.00. The van der Waals surface area contributed by atoms with E-state index in [1.165, 1.54) is 25.7 Å². The first-order chi connectivity index (χ1) is 7.72. The number of ether oxygens (including phenoxy) is 1. The number of carbonyl (C=O) groups is 1. The predicted octanol–water partition coefficient (Wildman–Crippen LogP) is 1.83. The van der Waals surface area contributed by atoms with Crippen LogP contribution in [0, 0.1) is 0 Å². The van der Waals surface area contributed by atoms with Gasteiger partial charge in [0.1, 0.15) is 5.75 Å². The summed E-state index contributed by atoms with van der Waals surface area (Å²) < 4.78 is 9.41. The van der Waals surface area contributed by atoms with Gasteiger partial charge in [0.15, 0.2) is 5.69 Å². The Labute approximate surface area is 91.3 Å². The molecule has 0 aliphatic heterocycles. The van der Waals surface area contributed by atoms with Crippen molar-refractivity contribution in [3.63, 3.8) is 0 Å². The number of aromatic hydroxyl groups is 1. The Bertz CT molecular complexity index is 505. The Balaban J connectivity index is 2.47. The molecule has 0 saturated carbocycles. The monoisotopic (exact) mass is 219 g/mol. The van der Waals surface area contributed by atoms with Crippen molar-refractivity contribution in [3.8, 4) is 17.0 Å². The molecular weight excluding hydrogens is 210 g/mol. The topological polar surface area (TPSA) is 72.6 Å². The second kappa shape index (κ2) is 4.06. The van der Waals surface area contributed by atoms with Crippen LogP contribution in [0.2, 0.25) is 0 Å². The average molecular weight is 219 g/mol. The number of rotatable bonds is 2. The number of hydrogen-bond donors (Lipinski definition) is 1. The van der Waals surface area contributed by atoms with Gasteiger partial charge in [-0.3, -0.25) is 0 Å². The number of hydrogen-bond acceptors (Lipinski definition) is 5. The summed E-state index contributed by atoms with van der Waals surface area (Å²) in [7, 11) is 1.23. The third-order valence-corrected chi connectivity index (χ3v) is 2.07. The van der Waals surface area contributed by atoms with Crippen LogP contribution in [-0.2, 0) is 4.74 Å². The molecule has 0 spiro atoms. The van der Waals surface area contributed by atoms with Gasteiger partial charge in [-0.15, -0.1) is 0 Å². The Morgan fingerprint density at radius 1 is 1.44 bits per heavy atom. The largest absolute Gasteiger partial charge is 0.505 e. The lowest BCUT2D eigenvalue weighted by atomic mass is 10.2. The van der Waals surface area contributed by atoms with Crippen LogP contribution in [0.4, 0.5) is 0 Å². The van der Waals surface area contributed by atoms with Crippen molar-refractivity contribution in [2.45, 2.75) is 0 Å². The molecule has 5 heteroatoms. The maximum absolute atomic E-state index is 11.3. The molecule has 0 atom stereocenters. The zero-order valence-electron chi connectivity index (χ0n) is 8.51. The molecule has 0 unspecified atom stereocenters. The minimum Gasteiger partial charge on any atom is -0.505 e. The zero-order chi connectivity index (χ0) is 11.5. The van der Waals surface area contributed by atoms with Crippen molar-refractivity contribution in [2.24, 2.45) is 0 Å². The molecule has 0 fully saturated rings. The van der Waals surface area contributed by atoms with E-state index in [1.807, 2.05) is 0 Å². The van der Waals surface area contributed by atoms with Crippen LogP contribution in [-0.4, -0.2) is 23.2 Å². The second-order valence-corrected chi connectivity index (χ2v) is 3.07. The third kappa shape index (κ3) is 1.75. The number of nitrogens with zero attached hydrogens (tertiary/aromatic N) is 1. The molecule has 16 heavy (non-hydrogen) atoms. The highest BCUT2D eigenvalue weighted by atomic mass is 16.5. The van der Waals surface area contributed by atoms with Gasteiger partial charge in [0.2, 0.25) is 0 Å². The smallest absolute Gasteiger partial charge is 0.360 e. The standard InChI is InChI=1S/C11H9NO4/c1-15-11(14)10-9(13)3-2-8(12-10)7-4-5-16-6-7/h2-6,13H,1H3. The maximum Gasteiger partial charge on any atom is 0.360 e. The summed E-state index contributed by atoms with van der Waals surface area (Å²) >= 11 is 0. The number of furan rings is 1. The number of esters is 1. The SMILES string of the molecule is COC(=O)c1nc(-c2ccoc2)ccc1O. The highest BCUT2D eigenvalue weighted by Gasteiger charge is 2.15. The summed E-state index contributed by atoms with van der Waals surface area (Å²) in [4.78, 5) is 15.3. The van der Waals surface area contributed by atoms with Crippen LogP contribution in [0.5, 0.6) is 5.75 Å². The van der Waals surface area contributed by atoms with Gasteiger partial charge < -0.3 is 14.3 Å². The Kier molecular flexibility index (Phi) is 2.59. The average Bonchev–Trinajstić information content (AvgIpc) is 2.82. The van der Waals surface area contributed by atoms with Crippen molar-refractivity contribution in [3.05, 3.63) is 36.4 Å². The lowest BCUT2D eigenvalue weighted by Crippen LogP contribution is -2.05. The molecular formula is C11H9NO4. The molecule has 2 rings (SSSR count). The number of pyridine rings is 1. The summed E-state index contributed by atoms with van der Waals surface area (Å²) in [5.41, 5.74) is 1.15. The van der Waals surface area contributed by atoms with E-state index in [9.17, 15) is 9.90 Å². The van der Waals surface area contributed by atoms with E-state index >= 15 is 0 Å². The second-order valence-electron chi connectivity index (χ2n) is 3.07. The molecule has 0 bridgehead atoms. The molecule has 0 aliphatic carbocycles. The lowest BCUT2D eigenvalue weighted by Gasteiger charge is -2.03. The first-order valence-electron chi connectivity index (χ1n) is 4.53. The van der Waals surface area contributed by atoms with Crippen LogP contribution >= 0.6 is 0 Å². The van der Waals surface area contributed by atoms with Crippen LogP contribution in [0.15, 0.2) is 35.1 Å². The fraction of sp³-hybridized carbons (Fsp3) is 0.0909. The van der Waals surface area contributed by atoms with Gasteiger partial charge >= 0.3 is 5.97 Å². The van der Waals surface area contributed by atoms with Gasteiger partial charge in [0.05, 0.1) is 25.3 Å². The first kappa shape index (κ1) is 10.2. The minimum absolute atomic E-state index is 0.110. The summed E-state index contributed by atoms with van der Waals surface area (Å²) in [5.74, 6) is -0.887. The van der Waals surface area contributed by atoms with Gasteiger partial charge in [-0.25, -0.2) is 9.78 Å². The lowest BCUT2D eigenvalue weighted by molar-refractivity contribution is 0.0590. The quantitative estimate of drug-likeness (QED) is 0.780. The fourth-order valence-electron chi connectivity index (χ4n) is 1.27. The minimum atomic E-state index is -0.678. The molecule has 2 aromatic rings. The van der Waals surface area contributed by atoms with Gasteiger partial charge in [-0.05, 0) is 18.2 Å². The van der Waals surface area contributed by atoms with Gasteiger partial charge in [0, 0.05) is 5.56 Å². The number of carbonyl (C=O) groups excluding carboxylic acids is 1. The van der Waals surface area contributed by atoms with E-state index in [-0.39, 0.29) is 11.4 Å². The van der Waals surface area contributed by atoms with Crippen molar-refractivity contribution in [1.82, 2.24) is 4.98 Å². The van der Waals surface area contributed by atoms with Crippen molar-refractivity contribution >= 4 is 5.97 Å². The van der Waals surface area contributed by atoms with E-state index < -0.39 is 5.97 Å². The summed E-state index contributed by atoms with van der Waals surface area (Å²) in [6.45, 7) is 0. The highest BCUT2D eigenvalue weighted by molar-refractivity contribution is 5.90. The third-order valence-electron chi connectivity index (χ3n) is 2.07. The Hall–Kier alpha value is -2.30. The Morgan fingerprint density at radius 2 is 2.25 bits per heavy atom. The van der Waals surface area contributed by atoms with Gasteiger partial charge in [-0.1, -0.05) is 0 Å². The van der Waals surface area contributed by atoms with E-state index in [4.69, 9.17) is 4.42 Å². The Morgan fingerprint density at radius 3 is 2.88 bits per heavy atom. The number of aromatic nitrogens is 1. The normalized spacial score (nSPS) is 10.1. The molecule has 2 aromatic heterocycles. The van der Waals surface area contributed by atoms with Gasteiger partial charge in [0.25, 0.3) is 0 Å². The van der Waals surface area contributed by atoms with Crippen LogP contribution in [0.1, 0.15) is 10.5 Å². The molecule has 0 aliphatic rings. The van der Waals surface area contributed by atoms with Gasteiger partial charge in [-0.2, -0.15) is 0 Å². The number of methoxy groups -OCH3 is 1. The molecule has 0 amide bonds. The predicted molar refractivity (Wildman–Crippen MR) is 54.9 cm³/mol. The highest BCUT2D eigenvalue weighted by Crippen LogP contribution is 2.23. The van der Waals surface area contributed by atoms with E-state index in [1.54, 1.807) is 12.1 Å². The van der Waals surface area contributed by atoms with Crippen molar-refractivity contribution in [2.75, 3.05) is 7.11 Å². The summed E-state index contributed by atoms with van der Waals surface area (Å²) in [6, 6.07) is 4.69. The molecule has 1 N–H and O–H groups in total. The molecule has 82 valence electrons.